The van der Waals surface area contributed by atoms with Crippen LogP contribution in [0.5, 0.6) is 0 Å². The summed E-state index contributed by atoms with van der Waals surface area (Å²) in [6.07, 6.45) is 2.52. The molecular weight excluding hydrogens is 330 g/mol. The molecule has 1 amide bonds. The highest BCUT2D eigenvalue weighted by Crippen LogP contribution is 2.19. The molecule has 0 radical (unpaired) electrons. The fourth-order valence-electron chi connectivity index (χ4n) is 1.73. The van der Waals surface area contributed by atoms with Gasteiger partial charge in [-0.25, -0.2) is 0 Å². The molecule has 1 aromatic carbocycles. The van der Waals surface area contributed by atoms with Crippen molar-refractivity contribution in [3.8, 4) is 0 Å². The number of anilines is 2. The van der Waals surface area contributed by atoms with Gasteiger partial charge in [0, 0.05) is 28.1 Å². The SMILES string of the molecule is CCC(C)NC(=O)c1cc(Nc2ccc(Br)cc2)ccn1. The zero-order valence-electron chi connectivity index (χ0n) is 12.1. The standard InChI is InChI=1S/C16H18BrN3O/c1-3-11(2)19-16(21)15-10-14(8-9-18-15)20-13-6-4-12(17)5-7-13/h4-11H,3H2,1-2H3,(H,18,20)(H,19,21). The molecule has 1 atom stereocenters. The molecule has 2 rings (SSSR count). The molecule has 0 bridgehead atoms. The highest BCUT2D eigenvalue weighted by Gasteiger charge is 2.10. The fraction of sp³-hybridized carbons (Fsp3) is 0.250. The Morgan fingerprint density at radius 3 is 2.62 bits per heavy atom. The van der Waals surface area contributed by atoms with Gasteiger partial charge in [-0.1, -0.05) is 22.9 Å². The molecule has 0 aliphatic rings. The summed E-state index contributed by atoms with van der Waals surface area (Å²) in [7, 11) is 0. The van der Waals surface area contributed by atoms with E-state index >= 15 is 0 Å². The Hall–Kier alpha value is -1.88. The number of rotatable bonds is 5. The largest absolute Gasteiger partial charge is 0.355 e. The van der Waals surface area contributed by atoms with Gasteiger partial charge < -0.3 is 10.6 Å². The molecule has 1 unspecified atom stereocenters. The van der Waals surface area contributed by atoms with Gasteiger partial charge in [0.1, 0.15) is 5.69 Å². The Balaban J connectivity index is 2.10. The van der Waals surface area contributed by atoms with Crippen LogP contribution in [0.1, 0.15) is 30.8 Å². The van der Waals surface area contributed by atoms with Crippen LogP contribution >= 0.6 is 15.9 Å². The first-order valence-corrected chi connectivity index (χ1v) is 7.67. The molecule has 2 aromatic rings. The first kappa shape index (κ1) is 15.5. The summed E-state index contributed by atoms with van der Waals surface area (Å²) >= 11 is 3.40. The van der Waals surface area contributed by atoms with Crippen molar-refractivity contribution in [1.82, 2.24) is 10.3 Å². The van der Waals surface area contributed by atoms with Crippen LogP contribution in [0.25, 0.3) is 0 Å². The molecule has 0 spiro atoms. The van der Waals surface area contributed by atoms with Gasteiger partial charge >= 0.3 is 0 Å². The van der Waals surface area contributed by atoms with E-state index in [2.05, 4.69) is 31.5 Å². The van der Waals surface area contributed by atoms with Crippen molar-refractivity contribution in [2.75, 3.05) is 5.32 Å². The monoisotopic (exact) mass is 347 g/mol. The lowest BCUT2D eigenvalue weighted by Crippen LogP contribution is -2.32. The van der Waals surface area contributed by atoms with Crippen LogP contribution in [0.3, 0.4) is 0 Å². The van der Waals surface area contributed by atoms with Crippen molar-refractivity contribution in [2.45, 2.75) is 26.3 Å². The maximum absolute atomic E-state index is 12.1. The number of aromatic nitrogens is 1. The van der Waals surface area contributed by atoms with Crippen molar-refractivity contribution in [1.29, 1.82) is 0 Å². The Morgan fingerprint density at radius 2 is 1.95 bits per heavy atom. The van der Waals surface area contributed by atoms with Gasteiger partial charge in [0.15, 0.2) is 0 Å². The Labute approximate surface area is 133 Å². The van der Waals surface area contributed by atoms with Crippen molar-refractivity contribution in [2.24, 2.45) is 0 Å². The highest BCUT2D eigenvalue weighted by atomic mass is 79.9. The molecule has 1 heterocycles. The number of hydrogen-bond acceptors (Lipinski definition) is 3. The molecule has 2 N–H and O–H groups in total. The van der Waals surface area contributed by atoms with Crippen molar-refractivity contribution >= 4 is 33.2 Å². The van der Waals surface area contributed by atoms with Gasteiger partial charge in [0.25, 0.3) is 5.91 Å². The van der Waals surface area contributed by atoms with E-state index in [1.165, 1.54) is 0 Å². The first-order chi connectivity index (χ1) is 10.1. The number of carbonyl (C=O) groups is 1. The first-order valence-electron chi connectivity index (χ1n) is 6.88. The molecule has 5 heteroatoms. The maximum atomic E-state index is 12.1. The van der Waals surface area contributed by atoms with Gasteiger partial charge in [0.05, 0.1) is 0 Å². The Morgan fingerprint density at radius 1 is 1.24 bits per heavy atom. The number of halogens is 1. The van der Waals surface area contributed by atoms with Crippen LogP contribution in [0.2, 0.25) is 0 Å². The number of nitrogens with one attached hydrogen (secondary N) is 2. The fourth-order valence-corrected chi connectivity index (χ4v) is 2.00. The smallest absolute Gasteiger partial charge is 0.270 e. The summed E-state index contributed by atoms with van der Waals surface area (Å²) in [5.41, 5.74) is 2.21. The number of benzene rings is 1. The van der Waals surface area contributed by atoms with Crippen LogP contribution in [-0.4, -0.2) is 16.9 Å². The van der Waals surface area contributed by atoms with E-state index in [-0.39, 0.29) is 11.9 Å². The molecular formula is C16H18BrN3O. The minimum atomic E-state index is -0.149. The number of amides is 1. The van der Waals surface area contributed by atoms with Crippen molar-refractivity contribution < 1.29 is 4.79 Å². The molecule has 110 valence electrons. The molecule has 0 fully saturated rings. The van der Waals surface area contributed by atoms with Gasteiger partial charge in [0.2, 0.25) is 0 Å². The van der Waals surface area contributed by atoms with E-state index in [9.17, 15) is 4.79 Å². The van der Waals surface area contributed by atoms with Crippen molar-refractivity contribution in [3.05, 3.63) is 52.8 Å². The minimum Gasteiger partial charge on any atom is -0.355 e. The van der Waals surface area contributed by atoms with E-state index in [0.717, 1.165) is 22.3 Å². The van der Waals surface area contributed by atoms with Gasteiger partial charge in [-0.05, 0) is 49.7 Å². The lowest BCUT2D eigenvalue weighted by Gasteiger charge is -2.12. The number of carbonyl (C=O) groups excluding carboxylic acids is 1. The quantitative estimate of drug-likeness (QED) is 0.855. The van der Waals surface area contributed by atoms with Gasteiger partial charge in [-0.3, -0.25) is 9.78 Å². The maximum Gasteiger partial charge on any atom is 0.270 e. The summed E-state index contributed by atoms with van der Waals surface area (Å²) in [6, 6.07) is 11.6. The molecule has 21 heavy (non-hydrogen) atoms. The molecule has 0 aliphatic heterocycles. The zero-order valence-corrected chi connectivity index (χ0v) is 13.6. The Bertz CT molecular complexity index is 613. The van der Waals surface area contributed by atoms with Gasteiger partial charge in [-0.2, -0.15) is 0 Å². The van der Waals surface area contributed by atoms with Gasteiger partial charge in [-0.15, -0.1) is 0 Å². The molecule has 1 aromatic heterocycles. The number of nitrogens with zero attached hydrogens (tertiary/aromatic N) is 1. The Kier molecular flexibility index (Phi) is 5.33. The van der Waals surface area contributed by atoms with Crippen LogP contribution in [0.15, 0.2) is 47.1 Å². The third kappa shape index (κ3) is 4.56. The topological polar surface area (TPSA) is 54.0 Å². The third-order valence-corrected chi connectivity index (χ3v) is 3.64. The summed E-state index contributed by atoms with van der Waals surface area (Å²) in [4.78, 5) is 16.2. The van der Waals surface area contributed by atoms with Crippen LogP contribution in [0.4, 0.5) is 11.4 Å². The summed E-state index contributed by atoms with van der Waals surface area (Å²) in [6.45, 7) is 4.01. The van der Waals surface area contributed by atoms with E-state index in [0.29, 0.717) is 5.69 Å². The van der Waals surface area contributed by atoms with E-state index in [1.807, 2.05) is 44.2 Å². The average molecular weight is 348 g/mol. The lowest BCUT2D eigenvalue weighted by atomic mass is 10.2. The van der Waals surface area contributed by atoms with Crippen LogP contribution in [0, 0.1) is 0 Å². The van der Waals surface area contributed by atoms with Crippen molar-refractivity contribution in [3.63, 3.8) is 0 Å². The van der Waals surface area contributed by atoms with E-state index in [4.69, 9.17) is 0 Å². The third-order valence-electron chi connectivity index (χ3n) is 3.12. The molecule has 4 nitrogen and oxygen atoms in total. The summed E-state index contributed by atoms with van der Waals surface area (Å²) < 4.78 is 1.02. The minimum absolute atomic E-state index is 0.141. The predicted octanol–water partition coefficient (Wildman–Crippen LogP) is 4.12. The average Bonchev–Trinajstić information content (AvgIpc) is 2.49. The van der Waals surface area contributed by atoms with Crippen LogP contribution < -0.4 is 10.6 Å². The molecule has 0 saturated heterocycles. The second-order valence-electron chi connectivity index (χ2n) is 4.84. The summed E-state index contributed by atoms with van der Waals surface area (Å²) in [5.74, 6) is -0.149. The normalized spacial score (nSPS) is 11.8. The highest BCUT2D eigenvalue weighted by molar-refractivity contribution is 9.10. The molecule has 0 saturated carbocycles. The lowest BCUT2D eigenvalue weighted by molar-refractivity contribution is 0.0934. The number of hydrogen-bond donors (Lipinski definition) is 2. The second kappa shape index (κ2) is 7.22. The predicted molar refractivity (Wildman–Crippen MR) is 88.9 cm³/mol. The number of pyridine rings is 1. The molecule has 0 aliphatic carbocycles. The zero-order chi connectivity index (χ0) is 15.2. The van der Waals surface area contributed by atoms with Crippen LogP contribution in [-0.2, 0) is 0 Å². The van der Waals surface area contributed by atoms with E-state index < -0.39 is 0 Å². The second-order valence-corrected chi connectivity index (χ2v) is 5.76. The summed E-state index contributed by atoms with van der Waals surface area (Å²) in [5, 5.41) is 6.16. The van der Waals surface area contributed by atoms with E-state index in [1.54, 1.807) is 12.3 Å².